The van der Waals surface area contributed by atoms with E-state index in [1.807, 2.05) is 6.07 Å². The topological polar surface area (TPSA) is 68.9 Å². The summed E-state index contributed by atoms with van der Waals surface area (Å²) in [6, 6.07) is 7.30. The predicted octanol–water partition coefficient (Wildman–Crippen LogP) is 2.83. The van der Waals surface area contributed by atoms with E-state index in [1.54, 1.807) is 24.3 Å². The molecule has 2 aromatic rings. The van der Waals surface area contributed by atoms with E-state index in [1.165, 1.54) is 6.20 Å². The molecule has 110 valence electrons. The molecule has 1 heterocycles. The molecule has 0 fully saturated rings. The number of nitriles is 1. The average Bonchev–Trinajstić information content (AvgIpc) is 2.44. The van der Waals surface area contributed by atoms with Crippen molar-refractivity contribution in [1.82, 2.24) is 4.98 Å². The van der Waals surface area contributed by atoms with Gasteiger partial charge in [0, 0.05) is 17.3 Å². The minimum absolute atomic E-state index is 0.257. The quantitative estimate of drug-likeness (QED) is 0.910. The molecule has 2 N–H and O–H groups in total. The first-order chi connectivity index (χ1) is 9.93. The third-order valence-corrected chi connectivity index (χ3v) is 2.94. The summed E-state index contributed by atoms with van der Waals surface area (Å²) >= 11 is 0. The van der Waals surface area contributed by atoms with Gasteiger partial charge in [-0.15, -0.1) is 0 Å². The summed E-state index contributed by atoms with van der Waals surface area (Å²) in [6.07, 6.45) is -4.01. The first-order valence-corrected chi connectivity index (χ1v) is 6.16. The Bertz CT molecular complexity index is 679. The van der Waals surface area contributed by atoms with Crippen LogP contribution in [-0.2, 0) is 0 Å². The Morgan fingerprint density at radius 3 is 2.71 bits per heavy atom. The van der Waals surface area contributed by atoms with Crippen LogP contribution in [0.5, 0.6) is 0 Å². The highest BCUT2D eigenvalue weighted by molar-refractivity contribution is 5.89. The van der Waals surface area contributed by atoms with E-state index in [4.69, 9.17) is 10.4 Å². The van der Waals surface area contributed by atoms with E-state index in [2.05, 4.69) is 10.3 Å². The number of aliphatic hydroxyl groups excluding tert-OH is 1. The van der Waals surface area contributed by atoms with Crippen molar-refractivity contribution in [3.63, 3.8) is 0 Å². The van der Waals surface area contributed by atoms with Gasteiger partial charge in [0.25, 0.3) is 0 Å². The molecule has 0 unspecified atom stereocenters. The van der Waals surface area contributed by atoms with Gasteiger partial charge in [-0.1, -0.05) is 0 Å². The standard InChI is InChI=1S/C14H12F3N3O/c15-14(16,17)6-11(8-21)20-10-1-2-12-9(5-10)3-4-19-13(12)7-18/h1-5,11,20-21H,6,8H2/t11-/m1/s1. The molecule has 0 amide bonds. The second-order valence-electron chi connectivity index (χ2n) is 4.55. The lowest BCUT2D eigenvalue weighted by molar-refractivity contribution is -0.138. The lowest BCUT2D eigenvalue weighted by atomic mass is 10.1. The van der Waals surface area contributed by atoms with E-state index >= 15 is 0 Å². The number of fused-ring (bicyclic) bond motifs is 1. The van der Waals surface area contributed by atoms with Crippen molar-refractivity contribution in [3.05, 3.63) is 36.2 Å². The number of aliphatic hydroxyl groups is 1. The van der Waals surface area contributed by atoms with Gasteiger partial charge in [0.15, 0.2) is 0 Å². The van der Waals surface area contributed by atoms with Gasteiger partial charge >= 0.3 is 6.18 Å². The third-order valence-electron chi connectivity index (χ3n) is 2.94. The summed E-state index contributed by atoms with van der Waals surface area (Å²) < 4.78 is 37.1. The number of aromatic nitrogens is 1. The molecule has 0 radical (unpaired) electrons. The Kier molecular flexibility index (Phi) is 4.29. The summed E-state index contributed by atoms with van der Waals surface area (Å²) in [5.74, 6) is 0. The van der Waals surface area contributed by atoms with Crippen LogP contribution in [0.15, 0.2) is 30.5 Å². The number of nitrogens with zero attached hydrogens (tertiary/aromatic N) is 2. The summed E-state index contributed by atoms with van der Waals surface area (Å²) in [6.45, 7) is -0.628. The molecule has 1 aromatic carbocycles. The molecule has 7 heteroatoms. The number of benzene rings is 1. The molecule has 0 bridgehead atoms. The summed E-state index contributed by atoms with van der Waals surface area (Å²) in [5.41, 5.74) is 0.703. The lowest BCUT2D eigenvalue weighted by Gasteiger charge is -2.19. The van der Waals surface area contributed by atoms with Crippen LogP contribution < -0.4 is 5.32 Å². The molecule has 0 aliphatic heterocycles. The molecule has 21 heavy (non-hydrogen) atoms. The maximum absolute atomic E-state index is 12.4. The predicted molar refractivity (Wildman–Crippen MR) is 71.6 cm³/mol. The number of nitrogens with one attached hydrogen (secondary N) is 1. The van der Waals surface area contributed by atoms with Gasteiger partial charge in [-0.25, -0.2) is 4.98 Å². The second-order valence-corrected chi connectivity index (χ2v) is 4.55. The minimum atomic E-state index is -4.35. The zero-order valence-electron chi connectivity index (χ0n) is 10.9. The van der Waals surface area contributed by atoms with Crippen molar-refractivity contribution in [3.8, 4) is 6.07 Å². The zero-order chi connectivity index (χ0) is 15.5. The summed E-state index contributed by atoms with van der Waals surface area (Å²) in [5, 5.41) is 21.9. The molecule has 4 nitrogen and oxygen atoms in total. The van der Waals surface area contributed by atoms with Crippen LogP contribution in [-0.4, -0.2) is 28.9 Å². The largest absolute Gasteiger partial charge is 0.394 e. The highest BCUT2D eigenvalue weighted by atomic mass is 19.4. The minimum Gasteiger partial charge on any atom is -0.394 e. The smallest absolute Gasteiger partial charge is 0.391 e. The molecule has 0 saturated carbocycles. The number of anilines is 1. The van der Waals surface area contributed by atoms with Gasteiger partial charge in [0.1, 0.15) is 11.8 Å². The normalized spacial score (nSPS) is 12.9. The molecule has 2 rings (SSSR count). The van der Waals surface area contributed by atoms with Gasteiger partial charge in [-0.3, -0.25) is 0 Å². The van der Waals surface area contributed by atoms with Crippen LogP contribution in [0.1, 0.15) is 12.1 Å². The Morgan fingerprint density at radius 1 is 1.33 bits per heavy atom. The lowest BCUT2D eigenvalue weighted by Crippen LogP contribution is -2.30. The van der Waals surface area contributed by atoms with Gasteiger partial charge in [0.05, 0.1) is 19.1 Å². The first kappa shape index (κ1) is 15.1. The van der Waals surface area contributed by atoms with Gasteiger partial charge in [-0.05, 0) is 29.7 Å². The van der Waals surface area contributed by atoms with Crippen molar-refractivity contribution < 1.29 is 18.3 Å². The average molecular weight is 295 g/mol. The van der Waals surface area contributed by atoms with E-state index in [-0.39, 0.29) is 5.69 Å². The van der Waals surface area contributed by atoms with Crippen LogP contribution in [0, 0.1) is 11.3 Å². The van der Waals surface area contributed by atoms with Gasteiger partial charge < -0.3 is 10.4 Å². The van der Waals surface area contributed by atoms with Crippen LogP contribution >= 0.6 is 0 Å². The van der Waals surface area contributed by atoms with Crippen molar-refractivity contribution in [2.24, 2.45) is 0 Å². The van der Waals surface area contributed by atoms with Crippen molar-refractivity contribution >= 4 is 16.5 Å². The number of rotatable bonds is 4. The molecule has 0 aliphatic carbocycles. The number of alkyl halides is 3. The van der Waals surface area contributed by atoms with Crippen LogP contribution in [0.25, 0.3) is 10.8 Å². The van der Waals surface area contributed by atoms with Crippen LogP contribution in [0.3, 0.4) is 0 Å². The fourth-order valence-corrected chi connectivity index (χ4v) is 2.03. The van der Waals surface area contributed by atoms with Crippen LogP contribution in [0.2, 0.25) is 0 Å². The van der Waals surface area contributed by atoms with Crippen molar-refractivity contribution in [1.29, 1.82) is 5.26 Å². The number of hydrogen-bond donors (Lipinski definition) is 2. The van der Waals surface area contributed by atoms with E-state index in [0.717, 1.165) is 0 Å². The Balaban J connectivity index is 2.25. The van der Waals surface area contributed by atoms with Crippen molar-refractivity contribution in [2.45, 2.75) is 18.6 Å². The van der Waals surface area contributed by atoms with Gasteiger partial charge in [0.2, 0.25) is 0 Å². The number of hydrogen-bond acceptors (Lipinski definition) is 4. The summed E-state index contributed by atoms with van der Waals surface area (Å²) in [4.78, 5) is 3.91. The molecule has 1 aromatic heterocycles. The number of pyridine rings is 1. The first-order valence-electron chi connectivity index (χ1n) is 6.16. The van der Waals surface area contributed by atoms with Gasteiger partial charge in [-0.2, -0.15) is 18.4 Å². The number of halogens is 3. The Hall–Kier alpha value is -2.33. The van der Waals surface area contributed by atoms with Crippen molar-refractivity contribution in [2.75, 3.05) is 11.9 Å². The maximum atomic E-state index is 12.4. The third kappa shape index (κ3) is 3.83. The SMILES string of the molecule is N#Cc1nccc2cc(N[C@@H](CO)CC(F)(F)F)ccc12. The fourth-order valence-electron chi connectivity index (χ4n) is 2.03. The molecular formula is C14H12F3N3O. The Labute approximate surface area is 118 Å². The van der Waals surface area contributed by atoms with E-state index in [0.29, 0.717) is 16.5 Å². The highest BCUT2D eigenvalue weighted by Gasteiger charge is 2.31. The maximum Gasteiger partial charge on any atom is 0.391 e. The summed E-state index contributed by atoms with van der Waals surface area (Å²) in [7, 11) is 0. The fraction of sp³-hybridized carbons (Fsp3) is 0.286. The zero-order valence-corrected chi connectivity index (χ0v) is 10.9. The van der Waals surface area contributed by atoms with Crippen LogP contribution in [0.4, 0.5) is 18.9 Å². The molecule has 1 atom stereocenters. The molecule has 0 spiro atoms. The second kappa shape index (κ2) is 5.97. The highest BCUT2D eigenvalue weighted by Crippen LogP contribution is 2.25. The molecule has 0 aliphatic rings. The molecule has 0 saturated heterocycles. The Morgan fingerprint density at radius 2 is 2.10 bits per heavy atom. The van der Waals surface area contributed by atoms with E-state index in [9.17, 15) is 13.2 Å². The van der Waals surface area contributed by atoms with E-state index < -0.39 is 25.2 Å². The molecular weight excluding hydrogens is 283 g/mol. The monoisotopic (exact) mass is 295 g/mol.